The van der Waals surface area contributed by atoms with Crippen molar-refractivity contribution in [2.45, 2.75) is 30.6 Å². The molecule has 1 amide bonds. The first-order chi connectivity index (χ1) is 11.7. The molecule has 1 aromatic carbocycles. The van der Waals surface area contributed by atoms with E-state index >= 15 is 0 Å². The first-order valence-electron chi connectivity index (χ1n) is 8.59. The number of amides is 1. The Morgan fingerprint density at radius 3 is 2.15 bits per heavy atom. The summed E-state index contributed by atoms with van der Waals surface area (Å²) in [7, 11) is 0.413. The van der Waals surface area contributed by atoms with Gasteiger partial charge in [-0.2, -0.15) is 0 Å². The van der Waals surface area contributed by atoms with Crippen molar-refractivity contribution in [3.8, 4) is 0 Å². The van der Waals surface area contributed by atoms with E-state index in [2.05, 4.69) is 10.6 Å². The van der Waals surface area contributed by atoms with Crippen molar-refractivity contribution in [2.75, 3.05) is 40.0 Å². The van der Waals surface area contributed by atoms with Crippen molar-refractivity contribution in [2.24, 2.45) is 0 Å². The predicted octanol–water partition coefficient (Wildman–Crippen LogP) is 1.72. The summed E-state index contributed by atoms with van der Waals surface area (Å²) < 4.78 is 23.4. The number of nitrogens with zero attached hydrogens (tertiary/aromatic N) is 1. The first-order valence-corrected chi connectivity index (χ1v) is 10.5. The second kappa shape index (κ2) is 10.6. The van der Waals surface area contributed by atoms with Crippen LogP contribution in [0.1, 0.15) is 30.0 Å². The van der Waals surface area contributed by atoms with E-state index in [-0.39, 0.29) is 36.8 Å². The Morgan fingerprint density at radius 1 is 1.19 bits per heavy atom. The van der Waals surface area contributed by atoms with E-state index < -0.39 is 14.6 Å². The fourth-order valence-corrected chi connectivity index (χ4v) is 4.69. The van der Waals surface area contributed by atoms with E-state index in [1.54, 1.807) is 0 Å². The molecule has 1 atom stereocenters. The Labute approximate surface area is 175 Å². The Balaban J connectivity index is 0.00000338. The summed E-state index contributed by atoms with van der Waals surface area (Å²) in [5.74, 6) is -0.379. The van der Waals surface area contributed by atoms with Crippen LogP contribution >= 0.6 is 24.8 Å². The van der Waals surface area contributed by atoms with Gasteiger partial charge in [0.2, 0.25) is 5.91 Å². The fourth-order valence-electron chi connectivity index (χ4n) is 3.33. The highest BCUT2D eigenvalue weighted by atomic mass is 35.5. The summed E-state index contributed by atoms with van der Waals surface area (Å²) >= 11 is 0. The number of nitrogens with one attached hydrogen (secondary N) is 2. The number of sulfone groups is 1. The fraction of sp³-hybridized carbons (Fsp3) is 0.611. The molecule has 0 spiro atoms. The van der Waals surface area contributed by atoms with Crippen LogP contribution < -0.4 is 10.6 Å². The van der Waals surface area contributed by atoms with Gasteiger partial charge in [0.05, 0.1) is 6.04 Å². The summed E-state index contributed by atoms with van der Waals surface area (Å²) in [6.07, 6.45) is 1.80. The molecule has 0 saturated carbocycles. The van der Waals surface area contributed by atoms with Crippen LogP contribution in [0, 0.1) is 6.92 Å². The smallest absolute Gasteiger partial charge is 0.241 e. The minimum atomic E-state index is -3.49. The van der Waals surface area contributed by atoms with Crippen molar-refractivity contribution in [3.63, 3.8) is 0 Å². The zero-order valence-corrected chi connectivity index (χ0v) is 18.8. The van der Waals surface area contributed by atoms with Crippen LogP contribution in [-0.4, -0.2) is 64.0 Å². The summed E-state index contributed by atoms with van der Waals surface area (Å²) in [4.78, 5) is 14.9. The van der Waals surface area contributed by atoms with E-state index in [9.17, 15) is 13.2 Å². The topological polar surface area (TPSA) is 78.5 Å². The molecule has 0 aliphatic carbocycles. The van der Waals surface area contributed by atoms with Crippen molar-refractivity contribution >= 4 is 40.6 Å². The van der Waals surface area contributed by atoms with Crippen LogP contribution in [0.25, 0.3) is 0 Å². The largest absolute Gasteiger partial charge is 0.353 e. The van der Waals surface area contributed by atoms with Crippen molar-refractivity contribution in [1.82, 2.24) is 15.5 Å². The molecule has 0 bridgehead atoms. The minimum Gasteiger partial charge on any atom is -0.353 e. The molecule has 2 N–H and O–H groups in total. The number of likely N-dealkylation sites (N-methyl/N-ethyl adjacent to an activating group) is 1. The van der Waals surface area contributed by atoms with Gasteiger partial charge >= 0.3 is 0 Å². The Kier molecular flexibility index (Phi) is 10.3. The molecule has 2 rings (SSSR count). The van der Waals surface area contributed by atoms with Crippen molar-refractivity contribution in [3.05, 3.63) is 35.4 Å². The second-order valence-corrected chi connectivity index (χ2v) is 9.44. The maximum atomic E-state index is 12.8. The lowest BCUT2D eigenvalue weighted by Gasteiger charge is -2.35. The molecule has 1 fully saturated rings. The molecule has 1 heterocycles. The highest BCUT2D eigenvalue weighted by Crippen LogP contribution is 2.28. The number of piperidine rings is 1. The van der Waals surface area contributed by atoms with Crippen LogP contribution in [0.3, 0.4) is 0 Å². The number of carbonyl (C=O) groups is 1. The normalized spacial score (nSPS) is 17.4. The quantitative estimate of drug-likeness (QED) is 0.705. The molecule has 1 aromatic rings. The van der Waals surface area contributed by atoms with Gasteiger partial charge in [-0.1, -0.05) is 29.8 Å². The number of aryl methyl sites for hydroxylation is 1. The summed E-state index contributed by atoms with van der Waals surface area (Å²) in [6, 6.07) is 8.16. The molecule has 6 nitrogen and oxygen atoms in total. The third-order valence-electron chi connectivity index (χ3n) is 5.08. The average molecular weight is 440 g/mol. The van der Waals surface area contributed by atoms with Crippen LogP contribution in [0.2, 0.25) is 0 Å². The highest BCUT2D eigenvalue weighted by molar-refractivity contribution is 7.92. The van der Waals surface area contributed by atoms with Crippen molar-refractivity contribution < 1.29 is 13.2 Å². The average Bonchev–Trinajstić information content (AvgIpc) is 2.55. The standard InChI is InChI=1S/C18H29N3O3S.2ClH/c1-14-5-7-15(8-6-14)16(21(2)3)13-20-17(22)18(25(4,23)24)9-11-19-12-10-18;;/h5-8,16,19H,9-13H2,1-4H3,(H,20,22);2*1H. The lowest BCUT2D eigenvalue weighted by molar-refractivity contribution is -0.124. The van der Waals surface area contributed by atoms with Gasteiger partial charge in [0.1, 0.15) is 0 Å². The molecule has 1 unspecified atom stereocenters. The van der Waals surface area contributed by atoms with Crippen LogP contribution in [0.15, 0.2) is 24.3 Å². The molecule has 9 heteroatoms. The third-order valence-corrected chi connectivity index (χ3v) is 7.09. The Hall–Kier alpha value is -0.860. The zero-order valence-electron chi connectivity index (χ0n) is 16.3. The lowest BCUT2D eigenvalue weighted by Crippen LogP contribution is -2.58. The number of halogens is 2. The molecule has 0 radical (unpaired) electrons. The summed E-state index contributed by atoms with van der Waals surface area (Å²) in [6.45, 7) is 3.48. The molecule has 1 saturated heterocycles. The Morgan fingerprint density at radius 2 is 1.70 bits per heavy atom. The minimum absolute atomic E-state index is 0. The van der Waals surface area contributed by atoms with Gasteiger partial charge < -0.3 is 15.5 Å². The molecule has 1 aliphatic rings. The maximum absolute atomic E-state index is 12.8. The number of benzene rings is 1. The Bertz CT molecular complexity index is 703. The molecule has 0 aromatic heterocycles. The molecule has 27 heavy (non-hydrogen) atoms. The SMILES string of the molecule is Cc1ccc(C(CNC(=O)C2(S(C)(=O)=O)CCNCC2)N(C)C)cc1.Cl.Cl. The van der Waals surface area contributed by atoms with Gasteiger partial charge in [0.25, 0.3) is 0 Å². The van der Waals surface area contributed by atoms with Crippen LogP contribution in [0.4, 0.5) is 0 Å². The molecule has 1 aliphatic heterocycles. The molecular formula is C18H31Cl2N3O3S. The van der Waals surface area contributed by atoms with Gasteiger partial charge in [0.15, 0.2) is 14.6 Å². The van der Waals surface area contributed by atoms with E-state index in [1.165, 1.54) is 11.8 Å². The predicted molar refractivity (Wildman–Crippen MR) is 115 cm³/mol. The van der Waals surface area contributed by atoms with Gasteiger partial charge in [-0.3, -0.25) is 4.79 Å². The first kappa shape index (κ1) is 26.1. The number of hydrogen-bond donors (Lipinski definition) is 2. The molecular weight excluding hydrogens is 409 g/mol. The number of hydrogen-bond acceptors (Lipinski definition) is 5. The van der Waals surface area contributed by atoms with Gasteiger partial charge in [0, 0.05) is 12.8 Å². The molecule has 156 valence electrons. The van der Waals surface area contributed by atoms with Crippen molar-refractivity contribution in [1.29, 1.82) is 0 Å². The van der Waals surface area contributed by atoms with Gasteiger partial charge in [-0.15, -0.1) is 24.8 Å². The van der Waals surface area contributed by atoms with Crippen LogP contribution in [0.5, 0.6) is 0 Å². The maximum Gasteiger partial charge on any atom is 0.241 e. The highest BCUT2D eigenvalue weighted by Gasteiger charge is 2.48. The summed E-state index contributed by atoms with van der Waals surface area (Å²) in [5, 5.41) is 6.03. The summed E-state index contributed by atoms with van der Waals surface area (Å²) in [5.41, 5.74) is 2.27. The van der Waals surface area contributed by atoms with E-state index in [0.717, 1.165) is 5.56 Å². The number of rotatable bonds is 6. The van der Waals surface area contributed by atoms with E-state index in [1.807, 2.05) is 50.2 Å². The number of carbonyl (C=O) groups excluding carboxylic acids is 1. The monoisotopic (exact) mass is 439 g/mol. The van der Waals surface area contributed by atoms with Gasteiger partial charge in [-0.05, 0) is 52.5 Å². The van der Waals surface area contributed by atoms with E-state index in [0.29, 0.717) is 32.5 Å². The van der Waals surface area contributed by atoms with E-state index in [4.69, 9.17) is 0 Å². The lowest BCUT2D eigenvalue weighted by atomic mass is 9.95. The van der Waals surface area contributed by atoms with Crippen LogP contribution in [-0.2, 0) is 14.6 Å². The second-order valence-electron chi connectivity index (χ2n) is 7.12. The zero-order chi connectivity index (χ0) is 18.7. The third kappa shape index (κ3) is 6.06. The van der Waals surface area contributed by atoms with Gasteiger partial charge in [-0.25, -0.2) is 8.42 Å².